The van der Waals surface area contributed by atoms with Crippen molar-refractivity contribution in [1.29, 1.82) is 0 Å². The highest BCUT2D eigenvalue weighted by atomic mass is 16.5. The molecule has 4 atom stereocenters. The molecular weight excluding hydrogens is 434 g/mol. The molecule has 2 aliphatic carbocycles. The number of nitrogens with one attached hydrogen (secondary N) is 4. The molecule has 0 spiro atoms. The average Bonchev–Trinajstić information content (AvgIpc) is 2.88. The number of carbonyl (C=O) groups is 2. The zero-order valence-corrected chi connectivity index (χ0v) is 20.5. The van der Waals surface area contributed by atoms with Gasteiger partial charge in [0.1, 0.15) is 0 Å². The standard InChI is InChI=1S/C25H39N5O4/c1-33-24(31)16-13-17(25(32)34-2)23-15-29-21-10-6-4-8-19(21)27-12-11-26-18-7-3-5-9-20(18)28-14-22(16)30-23/h13,18-21,26-29H,3-12,14-15H2,1-2H3/t18-,19-,20-,21-/m1/s1. The van der Waals surface area contributed by atoms with Crippen LogP contribution in [0.4, 0.5) is 0 Å². The van der Waals surface area contributed by atoms with Gasteiger partial charge in [-0.15, -0.1) is 0 Å². The van der Waals surface area contributed by atoms with Crippen LogP contribution in [0.5, 0.6) is 0 Å². The minimum Gasteiger partial charge on any atom is -0.465 e. The van der Waals surface area contributed by atoms with Crippen LogP contribution in [0.15, 0.2) is 6.07 Å². The van der Waals surface area contributed by atoms with Crippen LogP contribution in [0.1, 0.15) is 83.5 Å². The van der Waals surface area contributed by atoms with E-state index in [1.165, 1.54) is 39.9 Å². The van der Waals surface area contributed by atoms with Crippen molar-refractivity contribution in [2.45, 2.75) is 88.6 Å². The first-order valence-electron chi connectivity index (χ1n) is 12.7. The Kier molecular flexibility index (Phi) is 8.88. The van der Waals surface area contributed by atoms with Gasteiger partial charge in [0.05, 0.1) is 36.7 Å². The Hall–Kier alpha value is -2.07. The van der Waals surface area contributed by atoms with Gasteiger partial charge in [-0.25, -0.2) is 9.59 Å². The maximum Gasteiger partial charge on any atom is 0.339 e. The molecule has 2 fully saturated rings. The summed E-state index contributed by atoms with van der Waals surface area (Å²) in [6.45, 7) is 2.73. The van der Waals surface area contributed by atoms with E-state index in [1.54, 1.807) is 6.07 Å². The summed E-state index contributed by atoms with van der Waals surface area (Å²) in [7, 11) is 2.69. The molecule has 2 saturated carbocycles. The van der Waals surface area contributed by atoms with Gasteiger partial charge in [0.2, 0.25) is 0 Å². The highest BCUT2D eigenvalue weighted by Crippen LogP contribution is 2.23. The Morgan fingerprint density at radius 2 is 1.09 bits per heavy atom. The van der Waals surface area contributed by atoms with Gasteiger partial charge >= 0.3 is 11.9 Å². The third kappa shape index (κ3) is 5.94. The minimum atomic E-state index is -0.498. The van der Waals surface area contributed by atoms with Crippen molar-refractivity contribution >= 4 is 11.9 Å². The van der Waals surface area contributed by atoms with Crippen LogP contribution in [0.3, 0.4) is 0 Å². The lowest BCUT2D eigenvalue weighted by molar-refractivity contribution is 0.0596. The number of methoxy groups -OCH3 is 2. The number of aromatic nitrogens is 1. The van der Waals surface area contributed by atoms with E-state index in [9.17, 15) is 9.59 Å². The fourth-order valence-electron chi connectivity index (χ4n) is 5.65. The van der Waals surface area contributed by atoms with Crippen molar-refractivity contribution in [2.24, 2.45) is 0 Å². The smallest absolute Gasteiger partial charge is 0.339 e. The van der Waals surface area contributed by atoms with Gasteiger partial charge in [-0.2, -0.15) is 0 Å². The number of ether oxygens (including phenoxy) is 2. The van der Waals surface area contributed by atoms with E-state index in [4.69, 9.17) is 14.5 Å². The van der Waals surface area contributed by atoms with Crippen molar-refractivity contribution in [1.82, 2.24) is 26.3 Å². The third-order valence-corrected chi connectivity index (χ3v) is 7.52. The number of rotatable bonds is 2. The van der Waals surface area contributed by atoms with E-state index in [0.29, 0.717) is 59.8 Å². The second-order valence-corrected chi connectivity index (χ2v) is 9.62. The summed E-state index contributed by atoms with van der Waals surface area (Å²) in [5, 5.41) is 14.8. The number of pyridine rings is 1. The normalized spacial score (nSPS) is 28.4. The molecule has 0 amide bonds. The fraction of sp³-hybridized carbons (Fsp3) is 0.720. The topological polar surface area (TPSA) is 114 Å². The van der Waals surface area contributed by atoms with Gasteiger partial charge in [-0.1, -0.05) is 25.7 Å². The van der Waals surface area contributed by atoms with E-state index in [2.05, 4.69) is 21.3 Å². The molecule has 4 N–H and O–H groups in total. The lowest BCUT2D eigenvalue weighted by Gasteiger charge is -2.34. The number of esters is 2. The van der Waals surface area contributed by atoms with Crippen molar-refractivity contribution in [2.75, 3.05) is 27.3 Å². The van der Waals surface area contributed by atoms with Crippen molar-refractivity contribution in [3.63, 3.8) is 0 Å². The molecule has 0 saturated heterocycles. The molecule has 1 aromatic heterocycles. The zero-order chi connectivity index (χ0) is 23.9. The van der Waals surface area contributed by atoms with E-state index in [0.717, 1.165) is 38.8 Å². The van der Waals surface area contributed by atoms with E-state index < -0.39 is 11.9 Å². The Bertz CT molecular complexity index is 799. The summed E-state index contributed by atoms with van der Waals surface area (Å²) >= 11 is 0. The van der Waals surface area contributed by atoms with Gasteiger partial charge in [0.25, 0.3) is 0 Å². The molecule has 9 heteroatoms. The summed E-state index contributed by atoms with van der Waals surface area (Å²) in [6, 6.07) is 2.96. The molecule has 3 aliphatic rings. The van der Waals surface area contributed by atoms with Gasteiger partial charge in [-0.3, -0.25) is 4.98 Å². The van der Waals surface area contributed by atoms with Crippen LogP contribution in [0, 0.1) is 0 Å². The van der Waals surface area contributed by atoms with Gasteiger partial charge in [0, 0.05) is 50.3 Å². The maximum atomic E-state index is 12.6. The molecule has 2 heterocycles. The monoisotopic (exact) mass is 473 g/mol. The zero-order valence-electron chi connectivity index (χ0n) is 20.5. The SMILES string of the molecule is COC(=O)c1cc(C(=O)OC)c2nc1CN[C@@H]1CCCC[C@H]1NCCN[C@@H]1CCCC[C@H]1NC2. The first-order chi connectivity index (χ1) is 16.6. The molecule has 0 aromatic carbocycles. The number of hydrogen-bond acceptors (Lipinski definition) is 9. The van der Waals surface area contributed by atoms with Crippen LogP contribution in [-0.2, 0) is 22.6 Å². The lowest BCUT2D eigenvalue weighted by atomic mass is 9.89. The van der Waals surface area contributed by atoms with Crippen molar-refractivity contribution in [3.05, 3.63) is 28.6 Å². The second kappa shape index (κ2) is 12.1. The summed E-state index contributed by atoms with van der Waals surface area (Å²) in [5.41, 5.74) is 1.82. The molecule has 2 bridgehead atoms. The van der Waals surface area contributed by atoms with Crippen LogP contribution in [0.25, 0.3) is 0 Å². The van der Waals surface area contributed by atoms with Crippen LogP contribution in [0.2, 0.25) is 0 Å². The first kappa shape index (κ1) is 25.0. The fourth-order valence-corrected chi connectivity index (χ4v) is 5.65. The Morgan fingerprint density at radius 3 is 1.47 bits per heavy atom. The lowest BCUT2D eigenvalue weighted by Crippen LogP contribution is -2.53. The maximum absolute atomic E-state index is 12.6. The van der Waals surface area contributed by atoms with E-state index in [1.807, 2.05) is 0 Å². The van der Waals surface area contributed by atoms with Crippen LogP contribution < -0.4 is 21.3 Å². The summed E-state index contributed by atoms with van der Waals surface area (Å²) in [5.74, 6) is -0.997. The van der Waals surface area contributed by atoms with E-state index in [-0.39, 0.29) is 0 Å². The molecule has 1 aromatic rings. The molecule has 34 heavy (non-hydrogen) atoms. The number of carbonyl (C=O) groups excluding carboxylic acids is 2. The molecular formula is C25H39N5O4. The average molecular weight is 474 g/mol. The highest BCUT2D eigenvalue weighted by molar-refractivity contribution is 5.96. The molecule has 0 radical (unpaired) electrons. The minimum absolute atomic E-state index is 0.301. The third-order valence-electron chi connectivity index (χ3n) is 7.52. The molecule has 0 unspecified atom stereocenters. The Morgan fingerprint density at radius 1 is 0.706 bits per heavy atom. The quantitative estimate of drug-likeness (QED) is 0.476. The second-order valence-electron chi connectivity index (χ2n) is 9.62. The van der Waals surface area contributed by atoms with Gasteiger partial charge in [0.15, 0.2) is 0 Å². The van der Waals surface area contributed by atoms with Crippen LogP contribution >= 0.6 is 0 Å². The van der Waals surface area contributed by atoms with Crippen molar-refractivity contribution in [3.8, 4) is 0 Å². The predicted molar refractivity (Wildman–Crippen MR) is 129 cm³/mol. The van der Waals surface area contributed by atoms with Crippen LogP contribution in [-0.4, -0.2) is 68.4 Å². The molecule has 188 valence electrons. The molecule has 4 rings (SSSR count). The van der Waals surface area contributed by atoms with Gasteiger partial charge < -0.3 is 30.7 Å². The molecule has 1 aliphatic heterocycles. The largest absolute Gasteiger partial charge is 0.465 e. The molecule has 9 nitrogen and oxygen atoms in total. The summed E-state index contributed by atoms with van der Waals surface area (Å²) in [6.07, 6.45) is 9.25. The van der Waals surface area contributed by atoms with Crippen molar-refractivity contribution < 1.29 is 19.1 Å². The summed E-state index contributed by atoms with van der Waals surface area (Å²) in [4.78, 5) is 30.0. The van der Waals surface area contributed by atoms with E-state index >= 15 is 0 Å². The summed E-state index contributed by atoms with van der Waals surface area (Å²) < 4.78 is 10.0. The Balaban J connectivity index is 1.68. The van der Waals surface area contributed by atoms with Gasteiger partial charge in [-0.05, 0) is 31.7 Å². The Labute approximate surface area is 202 Å². The predicted octanol–water partition coefficient (Wildman–Crippen LogP) is 1.65. The number of fused-ring (bicyclic) bond motifs is 4. The highest BCUT2D eigenvalue weighted by Gasteiger charge is 2.29. The number of nitrogens with zero attached hydrogens (tertiary/aromatic N) is 1. The first-order valence-corrected chi connectivity index (χ1v) is 12.7. The number of hydrogen-bond donors (Lipinski definition) is 4.